The van der Waals surface area contributed by atoms with Crippen LogP contribution >= 0.6 is 11.6 Å². The van der Waals surface area contributed by atoms with Crippen LogP contribution in [0, 0.1) is 0 Å². The van der Waals surface area contributed by atoms with Gasteiger partial charge in [-0.25, -0.2) is 0 Å². The summed E-state index contributed by atoms with van der Waals surface area (Å²) in [5.41, 5.74) is 1.78. The van der Waals surface area contributed by atoms with Crippen LogP contribution in [0.1, 0.15) is 32.3 Å². The second kappa shape index (κ2) is 4.77. The molecule has 1 aromatic carbocycles. The smallest absolute Gasteiger partial charge is 0.0406 e. The SMILES string of the molecule is CCN1CCC(C)(c2ccc(Cl)cc2)CC1. The number of halogens is 1. The van der Waals surface area contributed by atoms with E-state index in [1.165, 1.54) is 38.0 Å². The average Bonchev–Trinajstić information content (AvgIpc) is 2.31. The third kappa shape index (κ3) is 2.41. The molecule has 1 aromatic rings. The summed E-state index contributed by atoms with van der Waals surface area (Å²) in [6, 6.07) is 8.39. The van der Waals surface area contributed by atoms with Gasteiger partial charge in [0.25, 0.3) is 0 Å². The summed E-state index contributed by atoms with van der Waals surface area (Å²) in [7, 11) is 0. The van der Waals surface area contributed by atoms with Crippen molar-refractivity contribution in [3.05, 3.63) is 34.9 Å². The molecule has 0 spiro atoms. The number of rotatable bonds is 2. The molecule has 1 heterocycles. The topological polar surface area (TPSA) is 3.24 Å². The van der Waals surface area contributed by atoms with E-state index in [-0.39, 0.29) is 0 Å². The summed E-state index contributed by atoms with van der Waals surface area (Å²) in [6.45, 7) is 8.23. The lowest BCUT2D eigenvalue weighted by molar-refractivity contribution is 0.176. The molecule has 0 N–H and O–H groups in total. The van der Waals surface area contributed by atoms with Crippen molar-refractivity contribution in [3.63, 3.8) is 0 Å². The first-order chi connectivity index (χ1) is 7.64. The second-order valence-corrected chi connectivity index (χ2v) is 5.44. The molecule has 0 aromatic heterocycles. The highest BCUT2D eigenvalue weighted by molar-refractivity contribution is 6.30. The van der Waals surface area contributed by atoms with Crippen LogP contribution in [0.3, 0.4) is 0 Å². The minimum absolute atomic E-state index is 0.344. The lowest BCUT2D eigenvalue weighted by atomic mass is 9.74. The Hall–Kier alpha value is -0.530. The van der Waals surface area contributed by atoms with Crippen LogP contribution in [-0.2, 0) is 5.41 Å². The van der Waals surface area contributed by atoms with Crippen LogP contribution in [0.2, 0.25) is 5.02 Å². The van der Waals surface area contributed by atoms with Gasteiger partial charge in [-0.2, -0.15) is 0 Å². The van der Waals surface area contributed by atoms with Gasteiger partial charge in [0.15, 0.2) is 0 Å². The number of nitrogens with zero attached hydrogens (tertiary/aromatic N) is 1. The van der Waals surface area contributed by atoms with Crippen molar-refractivity contribution in [2.75, 3.05) is 19.6 Å². The first-order valence-electron chi connectivity index (χ1n) is 6.12. The maximum Gasteiger partial charge on any atom is 0.0406 e. The van der Waals surface area contributed by atoms with Gasteiger partial charge in [-0.15, -0.1) is 0 Å². The fourth-order valence-electron chi connectivity index (χ4n) is 2.50. The Morgan fingerprint density at radius 3 is 2.25 bits per heavy atom. The maximum absolute atomic E-state index is 5.93. The van der Waals surface area contributed by atoms with E-state index in [0.29, 0.717) is 5.41 Å². The zero-order chi connectivity index (χ0) is 11.6. The molecule has 0 bridgehead atoms. The Morgan fingerprint density at radius 2 is 1.75 bits per heavy atom. The summed E-state index contributed by atoms with van der Waals surface area (Å²) in [5.74, 6) is 0. The molecule has 16 heavy (non-hydrogen) atoms. The Morgan fingerprint density at radius 1 is 1.19 bits per heavy atom. The lowest BCUT2D eigenvalue weighted by Gasteiger charge is -2.39. The van der Waals surface area contributed by atoms with E-state index in [9.17, 15) is 0 Å². The Labute approximate surface area is 103 Å². The first kappa shape index (κ1) is 11.9. The van der Waals surface area contributed by atoms with Gasteiger partial charge in [-0.05, 0) is 55.6 Å². The minimum Gasteiger partial charge on any atom is -0.304 e. The molecule has 0 saturated carbocycles. The number of piperidine rings is 1. The van der Waals surface area contributed by atoms with Crippen LogP contribution in [0.5, 0.6) is 0 Å². The molecule has 2 heteroatoms. The predicted molar refractivity (Wildman–Crippen MR) is 70.2 cm³/mol. The van der Waals surface area contributed by atoms with Crippen LogP contribution < -0.4 is 0 Å². The van der Waals surface area contributed by atoms with Gasteiger partial charge >= 0.3 is 0 Å². The maximum atomic E-state index is 5.93. The molecular formula is C14H20ClN. The van der Waals surface area contributed by atoms with Crippen LogP contribution in [-0.4, -0.2) is 24.5 Å². The molecule has 0 unspecified atom stereocenters. The van der Waals surface area contributed by atoms with Crippen molar-refractivity contribution < 1.29 is 0 Å². The lowest BCUT2D eigenvalue weighted by Crippen LogP contribution is -2.40. The quantitative estimate of drug-likeness (QED) is 0.758. The van der Waals surface area contributed by atoms with E-state index in [2.05, 4.69) is 30.9 Å². The molecule has 1 aliphatic rings. The predicted octanol–water partition coefficient (Wildman–Crippen LogP) is 3.71. The number of hydrogen-bond donors (Lipinski definition) is 0. The van der Waals surface area contributed by atoms with Crippen molar-refractivity contribution in [1.82, 2.24) is 4.90 Å². The van der Waals surface area contributed by atoms with Crippen LogP contribution in [0.15, 0.2) is 24.3 Å². The monoisotopic (exact) mass is 237 g/mol. The van der Waals surface area contributed by atoms with Crippen molar-refractivity contribution in [1.29, 1.82) is 0 Å². The number of benzene rings is 1. The van der Waals surface area contributed by atoms with Gasteiger partial charge in [0.2, 0.25) is 0 Å². The minimum atomic E-state index is 0.344. The van der Waals surface area contributed by atoms with Gasteiger partial charge in [0.1, 0.15) is 0 Å². The highest BCUT2D eigenvalue weighted by Crippen LogP contribution is 2.35. The zero-order valence-electron chi connectivity index (χ0n) is 10.2. The summed E-state index contributed by atoms with van der Waals surface area (Å²) in [5, 5.41) is 0.832. The second-order valence-electron chi connectivity index (χ2n) is 5.00. The largest absolute Gasteiger partial charge is 0.304 e. The van der Waals surface area contributed by atoms with Crippen molar-refractivity contribution >= 4 is 11.6 Å². The van der Waals surface area contributed by atoms with Crippen molar-refractivity contribution in [2.24, 2.45) is 0 Å². The number of likely N-dealkylation sites (tertiary alicyclic amines) is 1. The fraction of sp³-hybridized carbons (Fsp3) is 0.571. The average molecular weight is 238 g/mol. The van der Waals surface area contributed by atoms with E-state index in [1.54, 1.807) is 0 Å². The normalized spacial score (nSPS) is 20.9. The fourth-order valence-corrected chi connectivity index (χ4v) is 2.63. The van der Waals surface area contributed by atoms with E-state index >= 15 is 0 Å². The molecule has 1 saturated heterocycles. The Bertz CT molecular complexity index is 336. The Balaban J connectivity index is 2.11. The van der Waals surface area contributed by atoms with Crippen LogP contribution in [0.25, 0.3) is 0 Å². The zero-order valence-corrected chi connectivity index (χ0v) is 10.9. The first-order valence-corrected chi connectivity index (χ1v) is 6.50. The molecule has 0 atom stereocenters. The molecule has 1 aliphatic heterocycles. The van der Waals surface area contributed by atoms with Crippen molar-refractivity contribution in [2.45, 2.75) is 32.1 Å². The third-order valence-corrected chi connectivity index (χ3v) is 4.20. The van der Waals surface area contributed by atoms with Crippen molar-refractivity contribution in [3.8, 4) is 0 Å². The summed E-state index contributed by atoms with van der Waals surface area (Å²) in [6.07, 6.45) is 2.50. The van der Waals surface area contributed by atoms with E-state index in [4.69, 9.17) is 11.6 Å². The highest BCUT2D eigenvalue weighted by atomic mass is 35.5. The number of hydrogen-bond acceptors (Lipinski definition) is 1. The summed E-state index contributed by atoms with van der Waals surface area (Å²) >= 11 is 5.93. The van der Waals surface area contributed by atoms with Gasteiger partial charge in [-0.3, -0.25) is 0 Å². The summed E-state index contributed by atoms with van der Waals surface area (Å²) in [4.78, 5) is 2.53. The highest BCUT2D eigenvalue weighted by Gasteiger charge is 2.30. The molecule has 1 fully saturated rings. The molecule has 2 rings (SSSR count). The molecule has 0 amide bonds. The van der Waals surface area contributed by atoms with Gasteiger partial charge in [-0.1, -0.05) is 37.6 Å². The van der Waals surface area contributed by atoms with E-state index in [0.717, 1.165) is 5.02 Å². The van der Waals surface area contributed by atoms with E-state index in [1.807, 2.05) is 12.1 Å². The van der Waals surface area contributed by atoms with Gasteiger partial charge < -0.3 is 4.90 Å². The third-order valence-electron chi connectivity index (χ3n) is 3.95. The standard InChI is InChI=1S/C14H20ClN/c1-3-16-10-8-14(2,9-11-16)12-4-6-13(15)7-5-12/h4-7H,3,8-11H2,1-2H3. The molecule has 88 valence electrons. The summed E-state index contributed by atoms with van der Waals surface area (Å²) < 4.78 is 0. The molecule has 0 aliphatic carbocycles. The molecular weight excluding hydrogens is 218 g/mol. The van der Waals surface area contributed by atoms with Crippen LogP contribution in [0.4, 0.5) is 0 Å². The molecule has 1 nitrogen and oxygen atoms in total. The van der Waals surface area contributed by atoms with E-state index < -0.39 is 0 Å². The van der Waals surface area contributed by atoms with Gasteiger partial charge in [0.05, 0.1) is 0 Å². The molecule has 0 radical (unpaired) electrons. The van der Waals surface area contributed by atoms with Gasteiger partial charge in [0, 0.05) is 5.02 Å². The Kier molecular flexibility index (Phi) is 3.56.